The number of esters is 3. The van der Waals surface area contributed by atoms with Crippen LogP contribution in [0.15, 0.2) is 46.8 Å². The van der Waals surface area contributed by atoms with E-state index in [1.807, 2.05) is 0 Å². The first-order valence-corrected chi connectivity index (χ1v) is 9.44. The van der Waals surface area contributed by atoms with Crippen molar-refractivity contribution < 1.29 is 33.5 Å². The Morgan fingerprint density at radius 2 is 1.87 bits per heavy atom. The van der Waals surface area contributed by atoms with Crippen molar-refractivity contribution >= 4 is 23.6 Å². The Balaban J connectivity index is 2.75. The third-order valence-corrected chi connectivity index (χ3v) is 4.45. The predicted molar refractivity (Wildman–Crippen MR) is 109 cm³/mol. The van der Waals surface area contributed by atoms with Gasteiger partial charge in [-0.3, -0.25) is 14.9 Å². The highest BCUT2D eigenvalue weighted by Gasteiger charge is 2.39. The number of carbonyl (C=O) groups is 3. The van der Waals surface area contributed by atoms with Crippen molar-refractivity contribution in [3.8, 4) is 0 Å². The molecule has 0 aromatic heterocycles. The zero-order chi connectivity index (χ0) is 23.3. The Kier molecular flexibility index (Phi) is 7.51. The molecule has 0 aliphatic carbocycles. The number of nitrogens with one attached hydrogen (secondary N) is 1. The van der Waals surface area contributed by atoms with E-state index in [0.29, 0.717) is 11.3 Å². The molecule has 0 saturated heterocycles. The highest BCUT2D eigenvalue weighted by molar-refractivity contribution is 6.00. The quantitative estimate of drug-likeness (QED) is 0.298. The number of hydrogen-bond donors (Lipinski definition) is 1. The molecule has 0 radical (unpaired) electrons. The largest absolute Gasteiger partial charge is 0.466 e. The SMILES string of the molecule is COC(=O)C1=C(COC(C)=O)NC(C)=C(C(=O)OC(C)C)C1c1cccc([N+](=O)[O-])c1. The number of nitrogens with zero attached hydrogens (tertiary/aromatic N) is 1. The second kappa shape index (κ2) is 9.88. The molecule has 1 N–H and O–H groups in total. The maximum atomic E-state index is 12.9. The van der Waals surface area contributed by atoms with Gasteiger partial charge in [-0.2, -0.15) is 0 Å². The van der Waals surface area contributed by atoms with Crippen molar-refractivity contribution in [1.82, 2.24) is 5.32 Å². The second-order valence-corrected chi connectivity index (χ2v) is 7.07. The molecule has 1 aliphatic rings. The van der Waals surface area contributed by atoms with Crippen LogP contribution in [0.2, 0.25) is 0 Å². The minimum Gasteiger partial charge on any atom is -0.466 e. The third-order valence-electron chi connectivity index (χ3n) is 4.45. The first-order chi connectivity index (χ1) is 14.6. The van der Waals surface area contributed by atoms with Gasteiger partial charge in [0.15, 0.2) is 0 Å². The summed E-state index contributed by atoms with van der Waals surface area (Å²) in [4.78, 5) is 47.7. The summed E-state index contributed by atoms with van der Waals surface area (Å²) in [5.74, 6) is -3.08. The smallest absolute Gasteiger partial charge is 0.337 e. The summed E-state index contributed by atoms with van der Waals surface area (Å²) in [6.45, 7) is 5.89. The highest BCUT2D eigenvalue weighted by atomic mass is 16.6. The average Bonchev–Trinajstić information content (AvgIpc) is 2.70. The lowest BCUT2D eigenvalue weighted by Gasteiger charge is -2.31. The third kappa shape index (κ3) is 5.47. The molecular formula is C21H24N2O8. The standard InChI is InChI=1S/C21H24N2O8/c1-11(2)31-21(26)17-12(3)22-16(10-30-13(4)24)19(20(25)29-5)18(17)14-7-6-8-15(9-14)23(27)28/h6-9,11,18,22H,10H2,1-5H3. The fourth-order valence-electron chi connectivity index (χ4n) is 3.23. The molecule has 0 bridgehead atoms. The van der Waals surface area contributed by atoms with Crippen molar-refractivity contribution in [1.29, 1.82) is 0 Å². The number of non-ortho nitro benzene ring substituents is 1. The summed E-state index contributed by atoms with van der Waals surface area (Å²) >= 11 is 0. The lowest BCUT2D eigenvalue weighted by atomic mass is 9.80. The van der Waals surface area contributed by atoms with Gasteiger partial charge >= 0.3 is 17.9 Å². The predicted octanol–water partition coefficient (Wildman–Crippen LogP) is 2.50. The monoisotopic (exact) mass is 432 g/mol. The molecule has 10 heteroatoms. The Labute approximate surface area is 179 Å². The van der Waals surface area contributed by atoms with Crippen LogP contribution in [-0.4, -0.2) is 42.7 Å². The van der Waals surface area contributed by atoms with E-state index in [1.54, 1.807) is 26.8 Å². The summed E-state index contributed by atoms with van der Waals surface area (Å²) < 4.78 is 15.3. The number of dihydropyridines is 1. The Hall–Kier alpha value is -3.69. The van der Waals surface area contributed by atoms with Crippen molar-refractivity contribution in [2.75, 3.05) is 13.7 Å². The van der Waals surface area contributed by atoms with Gasteiger partial charge < -0.3 is 19.5 Å². The van der Waals surface area contributed by atoms with E-state index < -0.39 is 34.9 Å². The molecule has 1 aromatic carbocycles. The Morgan fingerprint density at radius 1 is 1.19 bits per heavy atom. The molecule has 2 rings (SSSR count). The normalized spacial score (nSPS) is 16.0. The molecule has 1 heterocycles. The van der Waals surface area contributed by atoms with Crippen molar-refractivity contribution in [2.45, 2.75) is 39.7 Å². The van der Waals surface area contributed by atoms with Gasteiger partial charge in [-0.25, -0.2) is 9.59 Å². The molecule has 1 atom stereocenters. The van der Waals surface area contributed by atoms with E-state index >= 15 is 0 Å². The van der Waals surface area contributed by atoms with Crippen LogP contribution in [-0.2, 0) is 28.6 Å². The molecule has 1 aliphatic heterocycles. The summed E-state index contributed by atoms with van der Waals surface area (Å²) in [5.41, 5.74) is 0.753. The van der Waals surface area contributed by atoms with Crippen molar-refractivity contribution in [3.63, 3.8) is 0 Å². The lowest BCUT2D eigenvalue weighted by Crippen LogP contribution is -2.35. The topological polar surface area (TPSA) is 134 Å². The van der Waals surface area contributed by atoms with Gasteiger partial charge in [0.2, 0.25) is 0 Å². The number of nitro benzene ring substituents is 1. The molecule has 1 unspecified atom stereocenters. The first kappa shape index (κ1) is 23.6. The molecule has 0 fully saturated rings. The summed E-state index contributed by atoms with van der Waals surface area (Å²) in [6, 6.07) is 5.59. The van der Waals surface area contributed by atoms with E-state index in [2.05, 4.69) is 5.32 Å². The Bertz CT molecular complexity index is 977. The zero-order valence-electron chi connectivity index (χ0n) is 17.9. The first-order valence-electron chi connectivity index (χ1n) is 9.44. The van der Waals surface area contributed by atoms with Gasteiger partial charge in [-0.1, -0.05) is 12.1 Å². The fraction of sp³-hybridized carbons (Fsp3) is 0.381. The Morgan fingerprint density at radius 3 is 2.42 bits per heavy atom. The van der Waals surface area contributed by atoms with Crippen molar-refractivity contribution in [2.24, 2.45) is 0 Å². The maximum Gasteiger partial charge on any atom is 0.337 e. The van der Waals surface area contributed by atoms with Crippen LogP contribution >= 0.6 is 0 Å². The van der Waals surface area contributed by atoms with Crippen LogP contribution in [0, 0.1) is 10.1 Å². The molecule has 31 heavy (non-hydrogen) atoms. The van der Waals surface area contributed by atoms with E-state index in [-0.39, 0.29) is 29.1 Å². The maximum absolute atomic E-state index is 12.9. The number of methoxy groups -OCH3 is 1. The molecule has 1 aromatic rings. The van der Waals surface area contributed by atoms with Gasteiger partial charge in [0.1, 0.15) is 6.61 Å². The molecule has 166 valence electrons. The van der Waals surface area contributed by atoms with E-state index in [0.717, 1.165) is 0 Å². The average molecular weight is 432 g/mol. The van der Waals surface area contributed by atoms with E-state index in [1.165, 1.54) is 32.2 Å². The van der Waals surface area contributed by atoms with Crippen LogP contribution in [0.25, 0.3) is 0 Å². The van der Waals surface area contributed by atoms with Gasteiger partial charge in [-0.15, -0.1) is 0 Å². The fourth-order valence-corrected chi connectivity index (χ4v) is 3.23. The van der Waals surface area contributed by atoms with Gasteiger partial charge in [0.05, 0.1) is 40.9 Å². The number of hydrogen-bond acceptors (Lipinski definition) is 9. The number of rotatable bonds is 7. The van der Waals surface area contributed by atoms with Gasteiger partial charge in [0, 0.05) is 24.8 Å². The van der Waals surface area contributed by atoms with Crippen LogP contribution < -0.4 is 5.32 Å². The van der Waals surface area contributed by atoms with Crippen LogP contribution in [0.3, 0.4) is 0 Å². The summed E-state index contributed by atoms with van der Waals surface area (Å²) in [5, 5.41) is 14.2. The number of carbonyl (C=O) groups excluding carboxylic acids is 3. The zero-order valence-corrected chi connectivity index (χ0v) is 17.9. The highest BCUT2D eigenvalue weighted by Crippen LogP contribution is 2.40. The molecule has 0 spiro atoms. The number of benzene rings is 1. The number of nitro groups is 1. The van der Waals surface area contributed by atoms with Gasteiger partial charge in [-0.05, 0) is 26.3 Å². The molecule has 10 nitrogen and oxygen atoms in total. The molecule has 0 saturated carbocycles. The number of allylic oxidation sites excluding steroid dienone is 1. The van der Waals surface area contributed by atoms with Crippen LogP contribution in [0.5, 0.6) is 0 Å². The molecular weight excluding hydrogens is 408 g/mol. The second-order valence-electron chi connectivity index (χ2n) is 7.07. The van der Waals surface area contributed by atoms with E-state index in [9.17, 15) is 24.5 Å². The minimum atomic E-state index is -1.04. The van der Waals surface area contributed by atoms with Crippen molar-refractivity contribution in [3.05, 3.63) is 62.5 Å². The number of ether oxygens (including phenoxy) is 3. The van der Waals surface area contributed by atoms with Gasteiger partial charge in [0.25, 0.3) is 5.69 Å². The summed E-state index contributed by atoms with van der Waals surface area (Å²) in [7, 11) is 1.17. The minimum absolute atomic E-state index is 0.00875. The van der Waals surface area contributed by atoms with E-state index in [4.69, 9.17) is 14.2 Å². The lowest BCUT2D eigenvalue weighted by molar-refractivity contribution is -0.384. The van der Waals surface area contributed by atoms with Crippen LogP contribution in [0.1, 0.15) is 39.2 Å². The van der Waals surface area contributed by atoms with Crippen LogP contribution in [0.4, 0.5) is 5.69 Å². The summed E-state index contributed by atoms with van der Waals surface area (Å²) in [6.07, 6.45) is -0.438. The molecule has 0 amide bonds.